The largest absolute Gasteiger partial charge is 0.466 e. The van der Waals surface area contributed by atoms with E-state index in [1.54, 1.807) is 6.92 Å². The van der Waals surface area contributed by atoms with Gasteiger partial charge >= 0.3 is 12.1 Å². The van der Waals surface area contributed by atoms with Crippen LogP contribution in [0, 0.1) is 0 Å². The minimum absolute atomic E-state index is 0. The topological polar surface area (TPSA) is 75.6 Å². The minimum atomic E-state index is -4.41. The SMILES string of the molecule is CCNC(=NCCCC(=O)OCC)NCCc1nc(C(F)(F)F)cs1.I. The van der Waals surface area contributed by atoms with Crippen molar-refractivity contribution in [2.24, 2.45) is 4.99 Å². The standard InChI is InChI=1S/C15H23F3N4O2S.HI/c1-3-19-14(20-8-5-6-13(23)24-4-2)21-9-7-12-22-11(10-25-12)15(16,17)18;/h10H,3-9H2,1-2H3,(H2,19,20,21);1H. The molecule has 0 amide bonds. The number of carbonyl (C=O) groups is 1. The van der Waals surface area contributed by atoms with Crippen molar-refractivity contribution < 1.29 is 22.7 Å². The highest BCUT2D eigenvalue weighted by atomic mass is 127. The van der Waals surface area contributed by atoms with Gasteiger partial charge in [-0.1, -0.05) is 0 Å². The highest BCUT2D eigenvalue weighted by Gasteiger charge is 2.33. The lowest BCUT2D eigenvalue weighted by molar-refractivity contribution is -0.143. The molecule has 0 aliphatic rings. The second-order valence-electron chi connectivity index (χ2n) is 4.97. The highest BCUT2D eigenvalue weighted by Crippen LogP contribution is 2.29. The van der Waals surface area contributed by atoms with Gasteiger partial charge in [-0.05, 0) is 20.3 Å². The Balaban J connectivity index is 0.00000625. The molecule has 1 heterocycles. The van der Waals surface area contributed by atoms with E-state index in [9.17, 15) is 18.0 Å². The zero-order valence-corrected chi connectivity index (χ0v) is 17.8. The average molecular weight is 508 g/mol. The maximum Gasteiger partial charge on any atom is 0.434 e. The lowest BCUT2D eigenvalue weighted by Crippen LogP contribution is -2.38. The Kier molecular flexibility index (Phi) is 12.6. The van der Waals surface area contributed by atoms with Crippen molar-refractivity contribution in [1.82, 2.24) is 15.6 Å². The number of esters is 1. The van der Waals surface area contributed by atoms with Crippen molar-refractivity contribution in [3.63, 3.8) is 0 Å². The Morgan fingerprint density at radius 3 is 2.65 bits per heavy atom. The van der Waals surface area contributed by atoms with Crippen LogP contribution in [0.25, 0.3) is 0 Å². The summed E-state index contributed by atoms with van der Waals surface area (Å²) in [4.78, 5) is 19.1. The number of rotatable bonds is 9. The van der Waals surface area contributed by atoms with Gasteiger partial charge in [0.25, 0.3) is 0 Å². The number of carbonyl (C=O) groups excluding carboxylic acids is 1. The normalized spacial score (nSPS) is 11.7. The van der Waals surface area contributed by atoms with Gasteiger partial charge < -0.3 is 15.4 Å². The quantitative estimate of drug-likeness (QED) is 0.176. The lowest BCUT2D eigenvalue weighted by atomic mass is 10.3. The van der Waals surface area contributed by atoms with E-state index in [4.69, 9.17) is 4.74 Å². The van der Waals surface area contributed by atoms with Crippen molar-refractivity contribution in [2.45, 2.75) is 39.3 Å². The molecule has 0 saturated heterocycles. The number of nitrogens with zero attached hydrogens (tertiary/aromatic N) is 2. The third-order valence-electron chi connectivity index (χ3n) is 2.93. The molecule has 0 bridgehead atoms. The van der Waals surface area contributed by atoms with Crippen LogP contribution in [-0.4, -0.2) is 43.2 Å². The number of aromatic nitrogens is 1. The van der Waals surface area contributed by atoms with E-state index in [0.717, 1.165) is 16.7 Å². The molecule has 0 spiro atoms. The number of guanidine groups is 1. The predicted molar refractivity (Wildman–Crippen MR) is 106 cm³/mol. The van der Waals surface area contributed by atoms with E-state index in [-0.39, 0.29) is 29.9 Å². The Morgan fingerprint density at radius 1 is 1.35 bits per heavy atom. The van der Waals surface area contributed by atoms with E-state index >= 15 is 0 Å². The number of hydrogen-bond acceptors (Lipinski definition) is 5. The second kappa shape index (κ2) is 13.1. The molecule has 0 radical (unpaired) electrons. The fourth-order valence-electron chi connectivity index (χ4n) is 1.83. The smallest absolute Gasteiger partial charge is 0.434 e. The van der Waals surface area contributed by atoms with Crippen LogP contribution >= 0.6 is 35.3 Å². The first-order chi connectivity index (χ1) is 11.9. The molecule has 6 nitrogen and oxygen atoms in total. The molecule has 1 aromatic rings. The number of halogens is 4. The van der Waals surface area contributed by atoms with Gasteiger partial charge in [0.2, 0.25) is 0 Å². The third-order valence-corrected chi connectivity index (χ3v) is 3.84. The monoisotopic (exact) mass is 508 g/mol. The fraction of sp³-hybridized carbons (Fsp3) is 0.667. The molecule has 0 atom stereocenters. The zero-order valence-electron chi connectivity index (χ0n) is 14.7. The fourth-order valence-corrected chi connectivity index (χ4v) is 2.64. The molecule has 0 aromatic carbocycles. The van der Waals surface area contributed by atoms with E-state index < -0.39 is 11.9 Å². The third kappa shape index (κ3) is 10.1. The van der Waals surface area contributed by atoms with Gasteiger partial charge in [-0.25, -0.2) is 4.98 Å². The maximum absolute atomic E-state index is 12.5. The molecular weight excluding hydrogens is 484 g/mol. The van der Waals surface area contributed by atoms with Crippen LogP contribution in [0.3, 0.4) is 0 Å². The van der Waals surface area contributed by atoms with Gasteiger partial charge in [0.1, 0.15) is 0 Å². The molecule has 2 N–H and O–H groups in total. The van der Waals surface area contributed by atoms with E-state index in [1.807, 2.05) is 6.92 Å². The number of hydrogen-bond donors (Lipinski definition) is 2. The average Bonchev–Trinajstić information content (AvgIpc) is 3.01. The number of aliphatic imine (C=N–C) groups is 1. The summed E-state index contributed by atoms with van der Waals surface area (Å²) >= 11 is 0.988. The van der Waals surface area contributed by atoms with Gasteiger partial charge in [0, 0.05) is 37.9 Å². The summed E-state index contributed by atoms with van der Waals surface area (Å²) in [5.41, 5.74) is -0.855. The molecule has 0 aliphatic carbocycles. The van der Waals surface area contributed by atoms with Gasteiger partial charge in [-0.3, -0.25) is 9.79 Å². The molecule has 1 rings (SSSR count). The summed E-state index contributed by atoms with van der Waals surface area (Å²) in [6.07, 6.45) is -3.17. The van der Waals surface area contributed by atoms with Crippen molar-refractivity contribution in [3.8, 4) is 0 Å². The highest BCUT2D eigenvalue weighted by molar-refractivity contribution is 14.0. The van der Waals surface area contributed by atoms with Gasteiger partial charge in [-0.15, -0.1) is 35.3 Å². The predicted octanol–water partition coefficient (Wildman–Crippen LogP) is 3.22. The van der Waals surface area contributed by atoms with E-state index in [2.05, 4.69) is 20.6 Å². The summed E-state index contributed by atoms with van der Waals surface area (Å²) in [6, 6.07) is 0. The molecule has 26 heavy (non-hydrogen) atoms. The Labute approximate surface area is 172 Å². The van der Waals surface area contributed by atoms with E-state index in [0.29, 0.717) is 56.5 Å². The summed E-state index contributed by atoms with van der Waals surface area (Å²) in [5, 5.41) is 7.51. The Bertz CT molecular complexity index is 567. The number of alkyl halides is 3. The molecule has 0 aliphatic heterocycles. The molecule has 11 heteroatoms. The first-order valence-corrected chi connectivity index (χ1v) is 8.94. The molecular formula is C15H24F3IN4O2S. The van der Waals surface area contributed by atoms with Crippen LogP contribution in [0.5, 0.6) is 0 Å². The van der Waals surface area contributed by atoms with Gasteiger partial charge in [0.15, 0.2) is 11.7 Å². The van der Waals surface area contributed by atoms with Crippen molar-refractivity contribution in [3.05, 3.63) is 16.1 Å². The summed E-state index contributed by atoms with van der Waals surface area (Å²) in [5.74, 6) is 0.304. The van der Waals surface area contributed by atoms with Crippen LogP contribution in [0.4, 0.5) is 13.2 Å². The number of thiazole rings is 1. The van der Waals surface area contributed by atoms with Gasteiger partial charge in [-0.2, -0.15) is 13.2 Å². The maximum atomic E-state index is 12.5. The first-order valence-electron chi connectivity index (χ1n) is 8.06. The molecule has 150 valence electrons. The molecule has 0 saturated carbocycles. The van der Waals surface area contributed by atoms with E-state index in [1.165, 1.54) is 0 Å². The van der Waals surface area contributed by atoms with Gasteiger partial charge in [0.05, 0.1) is 11.6 Å². The molecule has 0 unspecified atom stereocenters. The minimum Gasteiger partial charge on any atom is -0.466 e. The van der Waals surface area contributed by atoms with Crippen molar-refractivity contribution in [1.29, 1.82) is 0 Å². The Morgan fingerprint density at radius 2 is 2.08 bits per heavy atom. The van der Waals surface area contributed by atoms with Crippen LogP contribution < -0.4 is 10.6 Å². The zero-order chi connectivity index (χ0) is 18.7. The molecule has 0 fully saturated rings. The Hall–Kier alpha value is -1.11. The van der Waals surface area contributed by atoms with Crippen LogP contribution in [-0.2, 0) is 22.1 Å². The number of nitrogens with one attached hydrogen (secondary N) is 2. The summed E-state index contributed by atoms with van der Waals surface area (Å²) < 4.78 is 42.3. The number of ether oxygens (including phenoxy) is 1. The van der Waals surface area contributed by atoms with Crippen molar-refractivity contribution in [2.75, 3.05) is 26.2 Å². The molecule has 1 aromatic heterocycles. The van der Waals surface area contributed by atoms with Crippen LogP contribution in [0.15, 0.2) is 10.4 Å². The summed E-state index contributed by atoms with van der Waals surface area (Å²) in [6.45, 7) is 5.53. The van der Waals surface area contributed by atoms with Crippen molar-refractivity contribution >= 4 is 47.2 Å². The lowest BCUT2D eigenvalue weighted by Gasteiger charge is -2.10. The summed E-state index contributed by atoms with van der Waals surface area (Å²) in [7, 11) is 0. The van der Waals surface area contributed by atoms with Crippen LogP contribution in [0.1, 0.15) is 37.4 Å². The second-order valence-corrected chi connectivity index (χ2v) is 5.91. The van der Waals surface area contributed by atoms with Crippen LogP contribution in [0.2, 0.25) is 0 Å². The first kappa shape index (κ1) is 24.9.